The highest BCUT2D eigenvalue weighted by molar-refractivity contribution is 5.70. The molecule has 3 N–H and O–H groups in total. The van der Waals surface area contributed by atoms with Crippen LogP contribution in [0.15, 0.2) is 30.3 Å². The van der Waals surface area contributed by atoms with Gasteiger partial charge in [-0.25, -0.2) is 0 Å². The van der Waals surface area contributed by atoms with E-state index in [4.69, 9.17) is 14.3 Å². The maximum Gasteiger partial charge on any atom is 0.446 e. The van der Waals surface area contributed by atoms with Crippen molar-refractivity contribution in [1.82, 2.24) is 5.32 Å². The fourth-order valence-corrected chi connectivity index (χ4v) is 6.35. The first-order valence-electron chi connectivity index (χ1n) is 12.1. The molecule has 2 heterocycles. The predicted octanol–water partition coefficient (Wildman–Crippen LogP) is 5.00. The molecule has 2 aliphatic carbocycles. The lowest BCUT2D eigenvalue weighted by Crippen LogP contribution is -2.59. The van der Waals surface area contributed by atoms with Crippen LogP contribution < -0.4 is 20.1 Å². The molecule has 6 nitrogen and oxygen atoms in total. The molecule has 2 bridgehead atoms. The summed E-state index contributed by atoms with van der Waals surface area (Å²) in [5, 5.41) is 18.1. The van der Waals surface area contributed by atoms with E-state index in [-0.39, 0.29) is 5.41 Å². The molecule has 0 spiro atoms. The maximum absolute atomic E-state index is 10.9. The van der Waals surface area contributed by atoms with E-state index in [1.807, 2.05) is 18.2 Å². The molecular formula is C26H29F3N2O4. The standard InChI is InChI=1S/C24H28N2O3.C2HF3O/c27-21-14-18-15(11-19-17-3-1-2-6-24(17,18)7-8-25-19)12-20(21)26-16-4-5-22-23(13-16)29-10-9-28-22;3-2(4,5)1-6/h4-5,12-14,17,19,25-27H,1-3,6-11H2;1H/t17-,19+,24+;/m1./s1. The average Bonchev–Trinajstić information content (AvgIpc) is 2.85. The molecule has 2 aromatic rings. The number of hydrogen-bond acceptors (Lipinski definition) is 6. The zero-order valence-electron chi connectivity index (χ0n) is 19.3. The third-order valence-corrected chi connectivity index (χ3v) is 7.71. The van der Waals surface area contributed by atoms with Gasteiger partial charge in [-0.2, -0.15) is 13.2 Å². The smallest absolute Gasteiger partial charge is 0.446 e. The lowest BCUT2D eigenvalue weighted by Gasteiger charge is -2.56. The molecule has 0 unspecified atom stereocenters. The van der Waals surface area contributed by atoms with Crippen molar-refractivity contribution in [2.75, 3.05) is 25.1 Å². The molecule has 6 rings (SSSR count). The third-order valence-electron chi connectivity index (χ3n) is 7.71. The zero-order valence-corrected chi connectivity index (χ0v) is 19.3. The Balaban J connectivity index is 0.000000380. The number of fused-ring (bicyclic) bond motifs is 2. The van der Waals surface area contributed by atoms with Gasteiger partial charge in [-0.15, -0.1) is 0 Å². The minimum absolute atomic E-state index is 0.259. The monoisotopic (exact) mass is 490 g/mol. The van der Waals surface area contributed by atoms with E-state index in [1.165, 1.54) is 43.2 Å². The Morgan fingerprint density at radius 1 is 1.09 bits per heavy atom. The van der Waals surface area contributed by atoms with Crippen LogP contribution in [-0.2, 0) is 16.6 Å². The van der Waals surface area contributed by atoms with Gasteiger partial charge in [0.15, 0.2) is 11.5 Å². The normalized spacial score (nSPS) is 26.4. The van der Waals surface area contributed by atoms with Crippen molar-refractivity contribution < 1.29 is 32.5 Å². The lowest BCUT2D eigenvalue weighted by molar-refractivity contribution is -0.156. The molecule has 2 aromatic carbocycles. The zero-order chi connectivity index (χ0) is 24.6. The van der Waals surface area contributed by atoms with Gasteiger partial charge in [0, 0.05) is 23.2 Å². The number of phenols is 1. The molecule has 188 valence electrons. The fraction of sp³-hybridized carbons (Fsp3) is 0.500. The molecule has 0 aromatic heterocycles. The number of nitrogens with one attached hydrogen (secondary N) is 2. The summed E-state index contributed by atoms with van der Waals surface area (Å²) in [6, 6.07) is 10.6. The summed E-state index contributed by atoms with van der Waals surface area (Å²) in [6.07, 6.45) is 1.77. The van der Waals surface area contributed by atoms with E-state index in [0.717, 1.165) is 35.8 Å². The number of alkyl halides is 3. The Labute approximate surface area is 201 Å². The number of carbonyl (C=O) groups excluding carboxylic acids is 1. The lowest BCUT2D eigenvalue weighted by atomic mass is 9.53. The van der Waals surface area contributed by atoms with Crippen molar-refractivity contribution >= 4 is 17.7 Å². The molecule has 3 atom stereocenters. The van der Waals surface area contributed by atoms with E-state index in [1.54, 1.807) is 0 Å². The minimum Gasteiger partial charge on any atom is -0.506 e. The van der Waals surface area contributed by atoms with Gasteiger partial charge in [0.1, 0.15) is 19.0 Å². The van der Waals surface area contributed by atoms with Crippen LogP contribution in [0.4, 0.5) is 24.5 Å². The summed E-state index contributed by atoms with van der Waals surface area (Å²) in [4.78, 5) is 8.70. The Bertz CT molecular complexity index is 1100. The van der Waals surface area contributed by atoms with Crippen LogP contribution in [0, 0.1) is 5.92 Å². The summed E-state index contributed by atoms with van der Waals surface area (Å²) >= 11 is 0. The number of aromatic hydroxyl groups is 1. The number of phenolic OH excluding ortho intramolecular Hbond substituents is 1. The van der Waals surface area contributed by atoms with Crippen molar-refractivity contribution in [3.05, 3.63) is 41.5 Å². The Morgan fingerprint density at radius 2 is 1.86 bits per heavy atom. The van der Waals surface area contributed by atoms with Crippen LogP contribution in [0.25, 0.3) is 0 Å². The SMILES string of the molecule is O=CC(F)(F)F.Oc1cc2c(cc1Nc1ccc3c(c1)OCCO3)C[C@@H]1NCC[C@]23CCCC[C@H]13. The van der Waals surface area contributed by atoms with Gasteiger partial charge in [0.05, 0.1) is 5.69 Å². The predicted molar refractivity (Wildman–Crippen MR) is 125 cm³/mol. The summed E-state index contributed by atoms with van der Waals surface area (Å²) in [7, 11) is 0. The number of hydrogen-bond donors (Lipinski definition) is 3. The topological polar surface area (TPSA) is 79.8 Å². The number of carbonyl (C=O) groups is 1. The van der Waals surface area contributed by atoms with Crippen molar-refractivity contribution in [2.45, 2.75) is 56.2 Å². The van der Waals surface area contributed by atoms with E-state index in [9.17, 15) is 18.3 Å². The second kappa shape index (κ2) is 9.26. The fourth-order valence-electron chi connectivity index (χ4n) is 6.35. The van der Waals surface area contributed by atoms with E-state index < -0.39 is 12.5 Å². The van der Waals surface area contributed by atoms with Crippen LogP contribution in [0.1, 0.15) is 43.2 Å². The largest absolute Gasteiger partial charge is 0.506 e. The number of ether oxygens (including phenoxy) is 2. The highest BCUT2D eigenvalue weighted by Crippen LogP contribution is 2.55. The van der Waals surface area contributed by atoms with Gasteiger partial charge in [-0.3, -0.25) is 4.79 Å². The van der Waals surface area contributed by atoms with Crippen LogP contribution >= 0.6 is 0 Å². The first-order valence-corrected chi connectivity index (χ1v) is 12.1. The highest BCUT2D eigenvalue weighted by atomic mass is 19.4. The number of benzene rings is 2. The van der Waals surface area contributed by atoms with Crippen molar-refractivity contribution in [1.29, 1.82) is 0 Å². The summed E-state index contributed by atoms with van der Waals surface area (Å²) in [6.45, 7) is 2.25. The molecule has 4 aliphatic rings. The average molecular weight is 491 g/mol. The molecule has 9 heteroatoms. The van der Waals surface area contributed by atoms with Gasteiger partial charge in [0.25, 0.3) is 0 Å². The second-order valence-electron chi connectivity index (χ2n) is 9.69. The van der Waals surface area contributed by atoms with Gasteiger partial charge in [-0.1, -0.05) is 12.8 Å². The van der Waals surface area contributed by atoms with Gasteiger partial charge >= 0.3 is 6.18 Å². The van der Waals surface area contributed by atoms with E-state index in [2.05, 4.69) is 22.8 Å². The molecular weight excluding hydrogens is 461 g/mol. The van der Waals surface area contributed by atoms with Crippen molar-refractivity contribution in [2.24, 2.45) is 5.92 Å². The number of rotatable bonds is 2. The number of halogens is 3. The summed E-state index contributed by atoms with van der Waals surface area (Å²) < 4.78 is 42.6. The van der Waals surface area contributed by atoms with Gasteiger partial charge in [0.2, 0.25) is 6.29 Å². The van der Waals surface area contributed by atoms with E-state index >= 15 is 0 Å². The molecule has 2 fully saturated rings. The maximum atomic E-state index is 10.9. The Kier molecular flexibility index (Phi) is 6.29. The molecule has 1 saturated carbocycles. The van der Waals surface area contributed by atoms with Crippen molar-refractivity contribution in [3.63, 3.8) is 0 Å². The molecule has 2 aliphatic heterocycles. The van der Waals surface area contributed by atoms with Crippen LogP contribution in [0.5, 0.6) is 17.2 Å². The Hall–Kier alpha value is -2.94. The van der Waals surface area contributed by atoms with Crippen LogP contribution in [0.2, 0.25) is 0 Å². The summed E-state index contributed by atoms with van der Waals surface area (Å²) in [5.74, 6) is 2.59. The second-order valence-corrected chi connectivity index (χ2v) is 9.69. The van der Waals surface area contributed by atoms with Crippen molar-refractivity contribution in [3.8, 4) is 17.2 Å². The molecule has 1 saturated heterocycles. The number of piperidine rings is 1. The first-order chi connectivity index (χ1) is 16.8. The first kappa shape index (κ1) is 23.8. The highest BCUT2D eigenvalue weighted by Gasteiger charge is 2.51. The number of anilines is 2. The van der Waals surface area contributed by atoms with Crippen LogP contribution in [0.3, 0.4) is 0 Å². The van der Waals surface area contributed by atoms with Gasteiger partial charge < -0.3 is 25.2 Å². The Morgan fingerprint density at radius 3 is 2.63 bits per heavy atom. The van der Waals surface area contributed by atoms with Gasteiger partial charge in [-0.05, 0) is 73.5 Å². The minimum atomic E-state index is -4.64. The van der Waals surface area contributed by atoms with E-state index in [0.29, 0.717) is 30.9 Å². The molecule has 0 radical (unpaired) electrons. The van der Waals surface area contributed by atoms with Crippen LogP contribution in [-0.4, -0.2) is 43.4 Å². The number of aldehydes is 1. The molecule has 0 amide bonds. The summed E-state index contributed by atoms with van der Waals surface area (Å²) in [5.41, 5.74) is 4.72. The quantitative estimate of drug-likeness (QED) is 0.406. The third kappa shape index (κ3) is 4.66. The molecule has 35 heavy (non-hydrogen) atoms.